The lowest BCUT2D eigenvalue weighted by atomic mass is 10.1. The fourth-order valence-electron chi connectivity index (χ4n) is 2.78. The summed E-state index contributed by atoms with van der Waals surface area (Å²) < 4.78 is 11.2. The predicted octanol–water partition coefficient (Wildman–Crippen LogP) is 4.39. The highest BCUT2D eigenvalue weighted by molar-refractivity contribution is 6.39. The molecule has 0 saturated heterocycles. The van der Waals surface area contributed by atoms with Gasteiger partial charge in [0.15, 0.2) is 11.5 Å². The number of ether oxygens (including phenoxy) is 2. The van der Waals surface area contributed by atoms with Crippen LogP contribution in [0.4, 0.5) is 5.69 Å². The third-order valence-corrected chi connectivity index (χ3v) is 4.56. The van der Waals surface area contributed by atoms with Crippen LogP contribution in [0.25, 0.3) is 0 Å². The molecule has 2 aromatic rings. The molecular weight excluding hydrogens is 368 g/mol. The Hall–Kier alpha value is -3.02. The van der Waals surface area contributed by atoms with Crippen LogP contribution in [0.15, 0.2) is 42.5 Å². The summed E-state index contributed by atoms with van der Waals surface area (Å²) in [7, 11) is 1.58. The minimum Gasteiger partial charge on any atom is -0.493 e. The van der Waals surface area contributed by atoms with Crippen molar-refractivity contribution >= 4 is 17.5 Å². The zero-order valence-corrected chi connectivity index (χ0v) is 17.6. The number of benzene rings is 2. The second kappa shape index (κ2) is 11.1. The summed E-state index contributed by atoms with van der Waals surface area (Å²) >= 11 is 0. The Balaban J connectivity index is 1.96. The van der Waals surface area contributed by atoms with Gasteiger partial charge in [-0.05, 0) is 50.1 Å². The summed E-state index contributed by atoms with van der Waals surface area (Å²) in [4.78, 5) is 24.4. The van der Waals surface area contributed by atoms with Crippen LogP contribution in [0, 0.1) is 6.92 Å². The van der Waals surface area contributed by atoms with Crippen LogP contribution in [0.5, 0.6) is 11.5 Å². The lowest BCUT2D eigenvalue weighted by Gasteiger charge is -2.17. The van der Waals surface area contributed by atoms with Crippen LogP contribution in [0.1, 0.15) is 50.3 Å². The molecule has 2 amide bonds. The molecule has 6 nitrogen and oxygen atoms in total. The molecule has 2 aromatic carbocycles. The molecule has 6 heteroatoms. The fraction of sp³-hybridized carbons (Fsp3) is 0.391. The van der Waals surface area contributed by atoms with Crippen LogP contribution < -0.4 is 20.1 Å². The van der Waals surface area contributed by atoms with Crippen LogP contribution in [0.3, 0.4) is 0 Å². The molecule has 156 valence electrons. The molecule has 0 heterocycles. The smallest absolute Gasteiger partial charge is 0.313 e. The number of hydrogen-bond donors (Lipinski definition) is 2. The molecule has 2 N–H and O–H groups in total. The Morgan fingerprint density at radius 3 is 2.38 bits per heavy atom. The second-order valence-corrected chi connectivity index (χ2v) is 6.98. The zero-order valence-electron chi connectivity index (χ0n) is 17.6. The topological polar surface area (TPSA) is 76.7 Å². The third kappa shape index (κ3) is 6.82. The number of rotatable bonds is 9. The van der Waals surface area contributed by atoms with Crippen molar-refractivity contribution < 1.29 is 19.1 Å². The highest BCUT2D eigenvalue weighted by atomic mass is 16.5. The molecule has 0 aliphatic heterocycles. The molecule has 0 bridgehead atoms. The van der Waals surface area contributed by atoms with Crippen molar-refractivity contribution in [1.29, 1.82) is 0 Å². The number of anilines is 1. The fourth-order valence-corrected chi connectivity index (χ4v) is 2.78. The predicted molar refractivity (Wildman–Crippen MR) is 114 cm³/mol. The van der Waals surface area contributed by atoms with Crippen molar-refractivity contribution in [2.75, 3.05) is 19.0 Å². The van der Waals surface area contributed by atoms with Crippen molar-refractivity contribution in [2.24, 2.45) is 0 Å². The Bertz CT molecular complexity index is 818. The molecule has 0 radical (unpaired) electrons. The highest BCUT2D eigenvalue weighted by Gasteiger charge is 2.18. The molecule has 0 aliphatic rings. The average molecular weight is 399 g/mol. The highest BCUT2D eigenvalue weighted by Crippen LogP contribution is 2.30. The Kier molecular flexibility index (Phi) is 8.52. The van der Waals surface area contributed by atoms with E-state index < -0.39 is 11.8 Å². The Morgan fingerprint density at radius 2 is 1.72 bits per heavy atom. The van der Waals surface area contributed by atoms with Gasteiger partial charge in [0.1, 0.15) is 0 Å². The van der Waals surface area contributed by atoms with Gasteiger partial charge in [-0.25, -0.2) is 0 Å². The van der Waals surface area contributed by atoms with Gasteiger partial charge in [-0.1, -0.05) is 43.5 Å². The molecule has 1 unspecified atom stereocenters. The standard InChI is InChI=1S/C23H30N2O4/c1-5-6-7-14-29-20-13-10-18(15-21(20)28-4)17(3)24-22(26)23(27)25-19-11-8-16(2)9-12-19/h8-13,15,17H,5-7,14H2,1-4H3,(H,24,26)(H,25,27). The average Bonchev–Trinajstić information content (AvgIpc) is 2.72. The molecule has 0 spiro atoms. The van der Waals surface area contributed by atoms with Gasteiger partial charge in [0, 0.05) is 5.69 Å². The van der Waals surface area contributed by atoms with Gasteiger partial charge in [-0.3, -0.25) is 9.59 Å². The number of carbonyl (C=O) groups excluding carboxylic acids is 2. The summed E-state index contributed by atoms with van der Waals surface area (Å²) in [6, 6.07) is 12.4. The van der Waals surface area contributed by atoms with E-state index in [1.54, 1.807) is 19.2 Å². The van der Waals surface area contributed by atoms with Crippen LogP contribution in [0.2, 0.25) is 0 Å². The lowest BCUT2D eigenvalue weighted by molar-refractivity contribution is -0.136. The number of methoxy groups -OCH3 is 1. The summed E-state index contributed by atoms with van der Waals surface area (Å²) in [5, 5.41) is 5.31. The van der Waals surface area contributed by atoms with E-state index in [9.17, 15) is 9.59 Å². The van der Waals surface area contributed by atoms with E-state index in [0.29, 0.717) is 23.8 Å². The number of aryl methyl sites for hydroxylation is 1. The molecule has 0 aromatic heterocycles. The van der Waals surface area contributed by atoms with Crippen LogP contribution >= 0.6 is 0 Å². The minimum absolute atomic E-state index is 0.366. The van der Waals surface area contributed by atoms with Gasteiger partial charge in [-0.2, -0.15) is 0 Å². The first-order valence-electron chi connectivity index (χ1n) is 9.93. The lowest BCUT2D eigenvalue weighted by Crippen LogP contribution is -2.36. The number of nitrogens with one attached hydrogen (secondary N) is 2. The van der Waals surface area contributed by atoms with E-state index in [-0.39, 0.29) is 6.04 Å². The van der Waals surface area contributed by atoms with Crippen molar-refractivity contribution in [1.82, 2.24) is 5.32 Å². The van der Waals surface area contributed by atoms with E-state index in [2.05, 4.69) is 17.6 Å². The first-order chi connectivity index (χ1) is 13.9. The van der Waals surface area contributed by atoms with Gasteiger partial charge >= 0.3 is 11.8 Å². The molecule has 1 atom stereocenters. The number of unbranched alkanes of at least 4 members (excludes halogenated alkanes) is 2. The van der Waals surface area contributed by atoms with E-state index >= 15 is 0 Å². The van der Waals surface area contributed by atoms with Gasteiger partial charge in [0.05, 0.1) is 19.8 Å². The first kappa shape index (κ1) is 22.3. The number of hydrogen-bond acceptors (Lipinski definition) is 4. The zero-order chi connectivity index (χ0) is 21.2. The summed E-state index contributed by atoms with van der Waals surface area (Å²) in [6.45, 7) is 6.55. The Morgan fingerprint density at radius 1 is 1.00 bits per heavy atom. The van der Waals surface area contributed by atoms with Crippen LogP contribution in [-0.4, -0.2) is 25.5 Å². The van der Waals surface area contributed by atoms with Crippen molar-refractivity contribution in [3.8, 4) is 11.5 Å². The number of carbonyl (C=O) groups is 2. The van der Waals surface area contributed by atoms with Gasteiger partial charge in [-0.15, -0.1) is 0 Å². The largest absolute Gasteiger partial charge is 0.493 e. The normalized spacial score (nSPS) is 11.4. The quantitative estimate of drug-likeness (QED) is 0.485. The third-order valence-electron chi connectivity index (χ3n) is 4.56. The first-order valence-corrected chi connectivity index (χ1v) is 9.93. The summed E-state index contributed by atoms with van der Waals surface area (Å²) in [5.74, 6) is -0.132. The van der Waals surface area contributed by atoms with E-state index in [4.69, 9.17) is 9.47 Å². The second-order valence-electron chi connectivity index (χ2n) is 6.98. The van der Waals surface area contributed by atoms with E-state index in [0.717, 1.165) is 30.4 Å². The molecule has 0 aliphatic carbocycles. The Labute approximate surface area is 172 Å². The molecular formula is C23H30N2O4. The van der Waals surface area contributed by atoms with E-state index in [1.165, 1.54) is 0 Å². The SMILES string of the molecule is CCCCCOc1ccc(C(C)NC(=O)C(=O)Nc2ccc(C)cc2)cc1OC. The molecule has 29 heavy (non-hydrogen) atoms. The van der Waals surface area contributed by atoms with Crippen molar-refractivity contribution in [2.45, 2.75) is 46.1 Å². The van der Waals surface area contributed by atoms with Gasteiger partial charge in [0.2, 0.25) is 0 Å². The maximum Gasteiger partial charge on any atom is 0.313 e. The van der Waals surface area contributed by atoms with Gasteiger partial charge in [0.25, 0.3) is 0 Å². The number of amides is 2. The van der Waals surface area contributed by atoms with Gasteiger partial charge < -0.3 is 20.1 Å². The maximum absolute atomic E-state index is 12.2. The monoisotopic (exact) mass is 398 g/mol. The van der Waals surface area contributed by atoms with E-state index in [1.807, 2.05) is 44.2 Å². The van der Waals surface area contributed by atoms with Crippen LogP contribution in [-0.2, 0) is 9.59 Å². The maximum atomic E-state index is 12.2. The minimum atomic E-state index is -0.705. The summed E-state index contributed by atoms with van der Waals surface area (Å²) in [6.07, 6.45) is 3.24. The molecule has 0 fully saturated rings. The molecule has 2 rings (SSSR count). The van der Waals surface area contributed by atoms with Crippen molar-refractivity contribution in [3.63, 3.8) is 0 Å². The molecule has 0 saturated carbocycles. The summed E-state index contributed by atoms with van der Waals surface area (Å²) in [5.41, 5.74) is 2.47. The van der Waals surface area contributed by atoms with Crippen molar-refractivity contribution in [3.05, 3.63) is 53.6 Å².